The van der Waals surface area contributed by atoms with Crippen molar-refractivity contribution >= 4 is 38.0 Å². The Kier molecular flexibility index (Phi) is 4.50. The minimum absolute atomic E-state index is 0.0305. The molecule has 140 valence electrons. The monoisotopic (exact) mass is 392 g/mol. The standard InChI is InChI=1S/C20H16N4O3S/c21-28(26,27)15-8-5-13(6-9-15)12-22-20(25)14-7-10-18-19(11-14)24-17-4-2-1-3-16(17)23-18/h1-11H,12H2,(H,22,25)(H2,21,26,27). The van der Waals surface area contributed by atoms with E-state index in [2.05, 4.69) is 15.3 Å². The lowest BCUT2D eigenvalue weighted by molar-refractivity contribution is 0.0951. The molecule has 0 aliphatic rings. The summed E-state index contributed by atoms with van der Waals surface area (Å²) < 4.78 is 22.6. The van der Waals surface area contributed by atoms with E-state index in [4.69, 9.17) is 5.14 Å². The molecule has 0 radical (unpaired) electrons. The van der Waals surface area contributed by atoms with Crippen LogP contribution in [-0.2, 0) is 16.6 Å². The van der Waals surface area contributed by atoms with Crippen molar-refractivity contribution in [3.63, 3.8) is 0 Å². The number of para-hydroxylation sites is 2. The summed E-state index contributed by atoms with van der Waals surface area (Å²) in [4.78, 5) is 21.6. The van der Waals surface area contributed by atoms with E-state index >= 15 is 0 Å². The van der Waals surface area contributed by atoms with Crippen molar-refractivity contribution < 1.29 is 13.2 Å². The van der Waals surface area contributed by atoms with E-state index in [1.165, 1.54) is 12.1 Å². The molecule has 1 amide bonds. The molecule has 4 rings (SSSR count). The Bertz CT molecular complexity index is 1300. The molecule has 3 N–H and O–H groups in total. The number of sulfonamides is 1. The molecule has 0 saturated heterocycles. The summed E-state index contributed by atoms with van der Waals surface area (Å²) >= 11 is 0. The molecule has 0 aliphatic carbocycles. The van der Waals surface area contributed by atoms with Gasteiger partial charge in [0.15, 0.2) is 0 Å². The highest BCUT2D eigenvalue weighted by Gasteiger charge is 2.10. The number of aromatic nitrogens is 2. The number of carbonyl (C=O) groups is 1. The topological polar surface area (TPSA) is 115 Å². The number of carbonyl (C=O) groups excluding carboxylic acids is 1. The van der Waals surface area contributed by atoms with Crippen molar-refractivity contribution in [3.05, 3.63) is 77.9 Å². The van der Waals surface area contributed by atoms with E-state index in [-0.39, 0.29) is 17.3 Å². The van der Waals surface area contributed by atoms with Crippen molar-refractivity contribution in [1.82, 2.24) is 15.3 Å². The van der Waals surface area contributed by atoms with Gasteiger partial charge in [-0.1, -0.05) is 24.3 Å². The zero-order valence-electron chi connectivity index (χ0n) is 14.7. The molecule has 1 heterocycles. The van der Waals surface area contributed by atoms with Gasteiger partial charge in [0.2, 0.25) is 10.0 Å². The summed E-state index contributed by atoms with van der Waals surface area (Å²) in [5.41, 5.74) is 4.15. The minimum atomic E-state index is -3.73. The summed E-state index contributed by atoms with van der Waals surface area (Å²) in [6.45, 7) is 0.255. The summed E-state index contributed by atoms with van der Waals surface area (Å²) in [7, 11) is -3.73. The normalized spacial score (nSPS) is 11.6. The highest BCUT2D eigenvalue weighted by atomic mass is 32.2. The van der Waals surface area contributed by atoms with Crippen molar-refractivity contribution in [2.75, 3.05) is 0 Å². The quantitative estimate of drug-likeness (QED) is 0.517. The van der Waals surface area contributed by atoms with Gasteiger partial charge in [0.1, 0.15) is 0 Å². The fraction of sp³-hybridized carbons (Fsp3) is 0.0500. The third-order valence-electron chi connectivity index (χ3n) is 4.31. The van der Waals surface area contributed by atoms with Crippen LogP contribution in [0.25, 0.3) is 22.1 Å². The molecular formula is C20H16N4O3S. The van der Waals surface area contributed by atoms with E-state index in [9.17, 15) is 13.2 Å². The largest absolute Gasteiger partial charge is 0.348 e. The Hall–Kier alpha value is -3.36. The maximum Gasteiger partial charge on any atom is 0.251 e. The second kappa shape index (κ2) is 6.99. The second-order valence-corrected chi connectivity index (χ2v) is 7.85. The van der Waals surface area contributed by atoms with Crippen molar-refractivity contribution in [2.24, 2.45) is 5.14 Å². The lowest BCUT2D eigenvalue weighted by atomic mass is 10.1. The number of amides is 1. The maximum atomic E-state index is 12.5. The molecule has 0 spiro atoms. The highest BCUT2D eigenvalue weighted by molar-refractivity contribution is 7.89. The third-order valence-corrected chi connectivity index (χ3v) is 5.24. The number of hydrogen-bond donors (Lipinski definition) is 2. The highest BCUT2D eigenvalue weighted by Crippen LogP contribution is 2.17. The summed E-state index contributed by atoms with van der Waals surface area (Å²) in [6, 6.07) is 18.8. The van der Waals surface area contributed by atoms with Crippen LogP contribution in [-0.4, -0.2) is 24.3 Å². The predicted molar refractivity (Wildman–Crippen MR) is 106 cm³/mol. The van der Waals surface area contributed by atoms with Crippen molar-refractivity contribution in [3.8, 4) is 0 Å². The van der Waals surface area contributed by atoms with Crippen LogP contribution in [0.3, 0.4) is 0 Å². The Labute approximate surface area is 161 Å². The molecule has 28 heavy (non-hydrogen) atoms. The van der Waals surface area contributed by atoms with Crippen LogP contribution in [0.5, 0.6) is 0 Å². The molecule has 0 fully saturated rings. The van der Waals surface area contributed by atoms with Gasteiger partial charge in [-0.05, 0) is 48.0 Å². The summed E-state index contributed by atoms with van der Waals surface area (Å²) in [6.07, 6.45) is 0. The molecule has 0 bridgehead atoms. The van der Waals surface area contributed by atoms with Crippen LogP contribution in [0.1, 0.15) is 15.9 Å². The van der Waals surface area contributed by atoms with Crippen LogP contribution in [0.15, 0.2) is 71.6 Å². The van der Waals surface area contributed by atoms with Crippen LogP contribution in [0.2, 0.25) is 0 Å². The first-order valence-electron chi connectivity index (χ1n) is 8.47. The first-order valence-corrected chi connectivity index (χ1v) is 10.0. The SMILES string of the molecule is NS(=O)(=O)c1ccc(CNC(=O)c2ccc3nc4ccccc4nc3c2)cc1. The fourth-order valence-electron chi connectivity index (χ4n) is 2.84. The molecule has 4 aromatic rings. The zero-order chi connectivity index (χ0) is 19.7. The summed E-state index contributed by atoms with van der Waals surface area (Å²) in [5, 5.41) is 7.88. The van der Waals surface area contributed by atoms with Gasteiger partial charge in [0, 0.05) is 12.1 Å². The number of primary sulfonamides is 1. The first-order chi connectivity index (χ1) is 13.4. The number of fused-ring (bicyclic) bond motifs is 2. The second-order valence-electron chi connectivity index (χ2n) is 6.29. The Morgan fingerprint density at radius 1 is 0.857 bits per heavy atom. The molecule has 0 atom stereocenters. The van der Waals surface area contributed by atoms with Crippen molar-refractivity contribution in [1.29, 1.82) is 0 Å². The first kappa shape index (κ1) is 18.0. The van der Waals surface area contributed by atoms with Gasteiger partial charge in [-0.15, -0.1) is 0 Å². The fourth-order valence-corrected chi connectivity index (χ4v) is 3.36. The predicted octanol–water partition coefficient (Wildman–Crippen LogP) is 2.36. The van der Waals surface area contributed by atoms with Crippen LogP contribution >= 0.6 is 0 Å². The molecule has 0 unspecified atom stereocenters. The van der Waals surface area contributed by atoms with Gasteiger partial charge < -0.3 is 5.32 Å². The van der Waals surface area contributed by atoms with Gasteiger partial charge in [-0.3, -0.25) is 4.79 Å². The van der Waals surface area contributed by atoms with Crippen molar-refractivity contribution in [2.45, 2.75) is 11.4 Å². The zero-order valence-corrected chi connectivity index (χ0v) is 15.5. The Balaban J connectivity index is 1.52. The number of rotatable bonds is 4. The maximum absolute atomic E-state index is 12.5. The number of benzene rings is 3. The van der Waals surface area contributed by atoms with Gasteiger partial charge in [-0.25, -0.2) is 23.5 Å². The molecule has 1 aromatic heterocycles. The Morgan fingerprint density at radius 3 is 2.11 bits per heavy atom. The molecular weight excluding hydrogens is 376 g/mol. The Morgan fingerprint density at radius 2 is 1.46 bits per heavy atom. The lowest BCUT2D eigenvalue weighted by Gasteiger charge is -2.07. The molecule has 0 saturated carbocycles. The molecule has 7 nitrogen and oxygen atoms in total. The van der Waals surface area contributed by atoms with Gasteiger partial charge in [-0.2, -0.15) is 0 Å². The van der Waals surface area contributed by atoms with Crippen LogP contribution in [0.4, 0.5) is 0 Å². The van der Waals surface area contributed by atoms with E-state index < -0.39 is 10.0 Å². The van der Waals surface area contributed by atoms with E-state index in [0.717, 1.165) is 16.6 Å². The number of nitrogens with two attached hydrogens (primary N) is 1. The minimum Gasteiger partial charge on any atom is -0.348 e. The summed E-state index contributed by atoms with van der Waals surface area (Å²) in [5.74, 6) is -0.257. The van der Waals surface area contributed by atoms with Gasteiger partial charge in [0.05, 0.1) is 27.0 Å². The van der Waals surface area contributed by atoms with E-state index in [0.29, 0.717) is 16.6 Å². The molecule has 3 aromatic carbocycles. The molecule has 8 heteroatoms. The number of nitrogens with one attached hydrogen (secondary N) is 1. The third kappa shape index (κ3) is 3.68. The van der Waals surface area contributed by atoms with Gasteiger partial charge >= 0.3 is 0 Å². The van der Waals surface area contributed by atoms with Crippen LogP contribution < -0.4 is 10.5 Å². The lowest BCUT2D eigenvalue weighted by Crippen LogP contribution is -2.22. The number of nitrogens with zero attached hydrogens (tertiary/aromatic N) is 2. The number of hydrogen-bond acceptors (Lipinski definition) is 5. The smallest absolute Gasteiger partial charge is 0.251 e. The molecule has 0 aliphatic heterocycles. The average Bonchev–Trinajstić information content (AvgIpc) is 2.69. The van der Waals surface area contributed by atoms with E-state index in [1.54, 1.807) is 30.3 Å². The van der Waals surface area contributed by atoms with Gasteiger partial charge in [0.25, 0.3) is 5.91 Å². The van der Waals surface area contributed by atoms with Crippen LogP contribution in [0, 0.1) is 0 Å². The van der Waals surface area contributed by atoms with E-state index in [1.807, 2.05) is 24.3 Å². The average molecular weight is 392 g/mol.